The summed E-state index contributed by atoms with van der Waals surface area (Å²) in [5, 5.41) is 18.9. The average Bonchev–Trinajstić information content (AvgIpc) is 2.85. The second kappa shape index (κ2) is 10.0. The molecule has 8 nitrogen and oxygen atoms in total. The van der Waals surface area contributed by atoms with Gasteiger partial charge in [0.1, 0.15) is 11.5 Å². The van der Waals surface area contributed by atoms with Gasteiger partial charge in [-0.2, -0.15) is 10.2 Å². The zero-order valence-corrected chi connectivity index (χ0v) is 17.7. The number of fused-ring (bicyclic) bond motifs is 1. The maximum Gasteiger partial charge on any atom is 0.176 e. The maximum atomic E-state index is 5.34. The van der Waals surface area contributed by atoms with E-state index in [9.17, 15) is 0 Å². The predicted octanol–water partition coefficient (Wildman–Crippen LogP) is 4.54. The normalized spacial score (nSPS) is 11.2. The molecule has 0 fully saturated rings. The van der Waals surface area contributed by atoms with E-state index in [4.69, 9.17) is 9.47 Å². The van der Waals surface area contributed by atoms with Crippen molar-refractivity contribution in [2.45, 2.75) is 0 Å². The lowest BCUT2D eigenvalue weighted by Gasteiger charge is -2.08. The zero-order chi connectivity index (χ0) is 22.2. The molecule has 0 amide bonds. The van der Waals surface area contributed by atoms with E-state index in [0.29, 0.717) is 11.6 Å². The van der Waals surface area contributed by atoms with Gasteiger partial charge in [0.15, 0.2) is 11.6 Å². The van der Waals surface area contributed by atoms with E-state index in [1.165, 1.54) is 0 Å². The van der Waals surface area contributed by atoms with Crippen LogP contribution < -0.4 is 20.3 Å². The monoisotopic (exact) mass is 426 g/mol. The van der Waals surface area contributed by atoms with Gasteiger partial charge in [-0.05, 0) is 24.3 Å². The highest BCUT2D eigenvalue weighted by atomic mass is 16.5. The van der Waals surface area contributed by atoms with Crippen molar-refractivity contribution in [3.63, 3.8) is 0 Å². The third-order valence-corrected chi connectivity index (χ3v) is 4.71. The number of hydrogen-bond donors (Lipinski definition) is 2. The molecule has 1 heterocycles. The quantitative estimate of drug-likeness (QED) is 0.317. The summed E-state index contributed by atoms with van der Waals surface area (Å²) in [5.41, 5.74) is 7.64. The maximum absolute atomic E-state index is 5.34. The third-order valence-electron chi connectivity index (χ3n) is 4.71. The summed E-state index contributed by atoms with van der Waals surface area (Å²) >= 11 is 0. The Labute approximate surface area is 185 Å². The first-order valence-corrected chi connectivity index (χ1v) is 9.89. The lowest BCUT2D eigenvalue weighted by Crippen LogP contribution is -2.02. The van der Waals surface area contributed by atoms with Crippen LogP contribution in [0.4, 0.5) is 11.6 Å². The van der Waals surface area contributed by atoms with E-state index in [0.717, 1.165) is 33.4 Å². The van der Waals surface area contributed by atoms with Crippen molar-refractivity contribution in [3.8, 4) is 11.5 Å². The Morgan fingerprint density at radius 1 is 0.625 bits per heavy atom. The molecule has 0 spiro atoms. The molecular weight excluding hydrogens is 404 g/mol. The Hall–Kier alpha value is -4.46. The lowest BCUT2D eigenvalue weighted by atomic mass is 10.2. The summed E-state index contributed by atoms with van der Waals surface area (Å²) in [4.78, 5) is 0. The summed E-state index contributed by atoms with van der Waals surface area (Å²) in [6.45, 7) is 0. The molecule has 3 aromatic carbocycles. The molecule has 1 aromatic heterocycles. The van der Waals surface area contributed by atoms with Crippen molar-refractivity contribution >= 4 is 34.8 Å². The molecule has 0 unspecified atom stereocenters. The molecule has 0 aliphatic rings. The molecule has 0 aliphatic heterocycles. The van der Waals surface area contributed by atoms with E-state index >= 15 is 0 Å². The summed E-state index contributed by atoms with van der Waals surface area (Å²) < 4.78 is 10.7. The predicted molar refractivity (Wildman–Crippen MR) is 128 cm³/mol. The van der Waals surface area contributed by atoms with Gasteiger partial charge in [0.05, 0.1) is 26.6 Å². The highest BCUT2D eigenvalue weighted by molar-refractivity contribution is 5.98. The van der Waals surface area contributed by atoms with Gasteiger partial charge in [-0.1, -0.05) is 48.5 Å². The number of aromatic nitrogens is 2. The summed E-state index contributed by atoms with van der Waals surface area (Å²) in [7, 11) is 3.25. The Morgan fingerprint density at radius 2 is 1.03 bits per heavy atom. The van der Waals surface area contributed by atoms with Crippen molar-refractivity contribution in [2.75, 3.05) is 25.1 Å². The van der Waals surface area contributed by atoms with Crippen molar-refractivity contribution in [2.24, 2.45) is 10.2 Å². The Kier molecular flexibility index (Phi) is 6.52. The minimum Gasteiger partial charge on any atom is -0.496 e. The van der Waals surface area contributed by atoms with Gasteiger partial charge in [-0.25, -0.2) is 0 Å². The van der Waals surface area contributed by atoms with E-state index in [-0.39, 0.29) is 0 Å². The van der Waals surface area contributed by atoms with Crippen LogP contribution in [0.2, 0.25) is 0 Å². The number of nitrogens with zero attached hydrogens (tertiary/aromatic N) is 4. The van der Waals surface area contributed by atoms with Crippen LogP contribution in [0.25, 0.3) is 10.8 Å². The van der Waals surface area contributed by atoms with Crippen LogP contribution in [-0.2, 0) is 0 Å². The number of rotatable bonds is 8. The second-order valence-electron chi connectivity index (χ2n) is 6.67. The van der Waals surface area contributed by atoms with Crippen LogP contribution in [0, 0.1) is 0 Å². The van der Waals surface area contributed by atoms with Crippen LogP contribution in [0.3, 0.4) is 0 Å². The fourth-order valence-corrected chi connectivity index (χ4v) is 3.14. The van der Waals surface area contributed by atoms with Gasteiger partial charge in [0.2, 0.25) is 0 Å². The number of ether oxygens (including phenoxy) is 2. The summed E-state index contributed by atoms with van der Waals surface area (Å²) in [6, 6.07) is 23.0. The number of nitrogens with one attached hydrogen (secondary N) is 2. The minimum absolute atomic E-state index is 0.533. The largest absolute Gasteiger partial charge is 0.496 e. The Balaban J connectivity index is 1.55. The minimum atomic E-state index is 0.533. The van der Waals surface area contributed by atoms with Crippen LogP contribution >= 0.6 is 0 Å². The summed E-state index contributed by atoms with van der Waals surface area (Å²) in [6.07, 6.45) is 3.36. The van der Waals surface area contributed by atoms with Crippen molar-refractivity contribution in [1.29, 1.82) is 0 Å². The standard InChI is InChI=1S/C24H22N6O2/c1-31-21-13-7-3-9-17(21)15-25-27-23-19-11-5-6-12-20(19)24(30-29-23)28-26-16-18-10-4-8-14-22(18)32-2/h3-16H,1-2H3,(H,27,29)(H,28,30)/b25-15+,26-16+. The number of hydrogen-bond acceptors (Lipinski definition) is 8. The fourth-order valence-electron chi connectivity index (χ4n) is 3.14. The molecule has 8 heteroatoms. The number of methoxy groups -OCH3 is 2. The highest BCUT2D eigenvalue weighted by Gasteiger charge is 2.08. The van der Waals surface area contributed by atoms with E-state index in [1.54, 1.807) is 26.6 Å². The van der Waals surface area contributed by atoms with E-state index in [1.807, 2.05) is 72.8 Å². The topological polar surface area (TPSA) is 93.0 Å². The van der Waals surface area contributed by atoms with E-state index < -0.39 is 0 Å². The smallest absolute Gasteiger partial charge is 0.176 e. The number of para-hydroxylation sites is 2. The molecule has 4 aromatic rings. The molecule has 32 heavy (non-hydrogen) atoms. The molecular formula is C24H22N6O2. The van der Waals surface area contributed by atoms with Crippen molar-refractivity contribution in [1.82, 2.24) is 10.2 Å². The number of anilines is 2. The Morgan fingerprint density at radius 3 is 1.47 bits per heavy atom. The molecule has 0 aliphatic carbocycles. The van der Waals surface area contributed by atoms with Gasteiger partial charge >= 0.3 is 0 Å². The van der Waals surface area contributed by atoms with Gasteiger partial charge < -0.3 is 9.47 Å². The number of hydrazone groups is 2. The van der Waals surface area contributed by atoms with Gasteiger partial charge in [-0.15, -0.1) is 10.2 Å². The molecule has 4 rings (SSSR count). The lowest BCUT2D eigenvalue weighted by molar-refractivity contribution is 0.414. The van der Waals surface area contributed by atoms with Gasteiger partial charge in [0.25, 0.3) is 0 Å². The van der Waals surface area contributed by atoms with Crippen LogP contribution in [0.5, 0.6) is 11.5 Å². The molecule has 0 radical (unpaired) electrons. The fraction of sp³-hybridized carbons (Fsp3) is 0.0833. The summed E-state index contributed by atoms with van der Waals surface area (Å²) in [5.74, 6) is 2.54. The first-order valence-electron chi connectivity index (χ1n) is 9.89. The third kappa shape index (κ3) is 4.65. The molecule has 0 saturated heterocycles. The first kappa shape index (κ1) is 20.8. The zero-order valence-electron chi connectivity index (χ0n) is 17.7. The Bertz CT molecular complexity index is 1170. The molecule has 2 N–H and O–H groups in total. The van der Waals surface area contributed by atoms with Crippen molar-refractivity contribution in [3.05, 3.63) is 83.9 Å². The van der Waals surface area contributed by atoms with Crippen LogP contribution in [0.1, 0.15) is 11.1 Å². The van der Waals surface area contributed by atoms with Gasteiger partial charge in [-0.3, -0.25) is 10.9 Å². The SMILES string of the molecule is COc1ccccc1/C=N/Nc1nnc(N/N=C/c2ccccc2OC)c2ccccc12. The van der Waals surface area contributed by atoms with E-state index in [2.05, 4.69) is 31.3 Å². The average molecular weight is 426 g/mol. The van der Waals surface area contributed by atoms with Crippen LogP contribution in [0.15, 0.2) is 83.0 Å². The molecule has 160 valence electrons. The highest BCUT2D eigenvalue weighted by Crippen LogP contribution is 2.26. The first-order chi connectivity index (χ1) is 15.8. The van der Waals surface area contributed by atoms with Gasteiger partial charge in [0, 0.05) is 21.9 Å². The van der Waals surface area contributed by atoms with Crippen molar-refractivity contribution < 1.29 is 9.47 Å². The number of benzene rings is 3. The second-order valence-corrected chi connectivity index (χ2v) is 6.67. The van der Waals surface area contributed by atoms with Crippen LogP contribution in [-0.4, -0.2) is 36.8 Å². The molecule has 0 atom stereocenters. The molecule has 0 saturated carbocycles. The molecule has 0 bridgehead atoms.